The molecule has 0 aliphatic carbocycles. The van der Waals surface area contributed by atoms with Crippen molar-refractivity contribution in [2.24, 2.45) is 0 Å². The summed E-state index contributed by atoms with van der Waals surface area (Å²) in [5.41, 5.74) is 2.51. The van der Waals surface area contributed by atoms with Gasteiger partial charge in [0.25, 0.3) is 0 Å². The van der Waals surface area contributed by atoms with Crippen LogP contribution in [0, 0.1) is 25.5 Å². The van der Waals surface area contributed by atoms with Crippen LogP contribution in [0.15, 0.2) is 24.4 Å². The topological polar surface area (TPSA) is 41.1 Å². The van der Waals surface area contributed by atoms with Crippen molar-refractivity contribution in [1.29, 1.82) is 0 Å². The van der Waals surface area contributed by atoms with Gasteiger partial charge in [0.15, 0.2) is 0 Å². The predicted octanol–water partition coefficient (Wildman–Crippen LogP) is 3.30. The smallest absolute Gasteiger partial charge is 0.149 e. The summed E-state index contributed by atoms with van der Waals surface area (Å²) >= 11 is 0. The lowest BCUT2D eigenvalue weighted by Crippen LogP contribution is -2.35. The van der Waals surface area contributed by atoms with Gasteiger partial charge >= 0.3 is 0 Å². The number of aryl methyl sites for hydroxylation is 2. The number of hydrogen-bond donors (Lipinski definition) is 1. The normalized spacial score (nSPS) is 18.9. The van der Waals surface area contributed by atoms with Crippen LogP contribution in [0.25, 0.3) is 0 Å². The maximum atomic E-state index is 13.9. The van der Waals surface area contributed by atoms with Gasteiger partial charge in [-0.25, -0.2) is 18.7 Å². The summed E-state index contributed by atoms with van der Waals surface area (Å²) in [5.74, 6) is -0.289. The fourth-order valence-electron chi connectivity index (χ4n) is 3.31. The van der Waals surface area contributed by atoms with Crippen LogP contribution in [-0.2, 0) is 0 Å². The van der Waals surface area contributed by atoms with E-state index in [1.807, 2.05) is 24.9 Å². The fraction of sp³-hybridized carbons (Fsp3) is 0.444. The summed E-state index contributed by atoms with van der Waals surface area (Å²) < 4.78 is 27.0. The molecule has 1 N–H and O–H groups in total. The van der Waals surface area contributed by atoms with Crippen LogP contribution in [-0.4, -0.2) is 29.1 Å². The second-order valence-corrected chi connectivity index (χ2v) is 6.37. The average Bonchev–Trinajstić information content (AvgIpc) is 2.95. The third kappa shape index (κ3) is 3.53. The van der Waals surface area contributed by atoms with Gasteiger partial charge in [-0.1, -0.05) is 0 Å². The Kier molecular flexibility index (Phi) is 4.76. The number of nitrogens with zero attached hydrogens (tertiary/aromatic N) is 3. The molecule has 1 fully saturated rings. The molecule has 2 atom stereocenters. The number of aromatic nitrogens is 2. The van der Waals surface area contributed by atoms with E-state index in [2.05, 4.69) is 22.2 Å². The van der Waals surface area contributed by atoms with Crippen LogP contribution in [0.1, 0.15) is 36.5 Å². The molecular formula is C18H22F2N4. The molecule has 3 rings (SSSR count). The quantitative estimate of drug-likeness (QED) is 0.933. The van der Waals surface area contributed by atoms with E-state index in [1.165, 1.54) is 12.1 Å². The van der Waals surface area contributed by atoms with Crippen LogP contribution in [0.2, 0.25) is 0 Å². The summed E-state index contributed by atoms with van der Waals surface area (Å²) in [7, 11) is 0. The standard InChI is InChI=1S/C18H22F2N4/c1-11-16(9-21-13(3)22-11)12(2)23-15-6-7-24(10-15)18-5-4-14(19)8-17(18)20/h4-5,8-9,12,15,23H,6-7,10H2,1-3H3. The van der Waals surface area contributed by atoms with Crippen LogP contribution in [0.4, 0.5) is 14.5 Å². The highest BCUT2D eigenvalue weighted by atomic mass is 19.1. The van der Waals surface area contributed by atoms with E-state index in [-0.39, 0.29) is 12.1 Å². The zero-order chi connectivity index (χ0) is 17.3. The van der Waals surface area contributed by atoms with Crippen molar-refractivity contribution in [3.05, 3.63) is 53.1 Å². The molecule has 0 spiro atoms. The number of nitrogens with one attached hydrogen (secondary N) is 1. The molecule has 1 saturated heterocycles. The molecule has 128 valence electrons. The zero-order valence-corrected chi connectivity index (χ0v) is 14.2. The fourth-order valence-corrected chi connectivity index (χ4v) is 3.31. The first-order chi connectivity index (χ1) is 11.4. The van der Waals surface area contributed by atoms with Crippen LogP contribution < -0.4 is 10.2 Å². The first kappa shape index (κ1) is 16.8. The molecule has 1 aliphatic rings. The zero-order valence-electron chi connectivity index (χ0n) is 14.2. The lowest BCUT2D eigenvalue weighted by atomic mass is 10.1. The molecule has 1 aromatic carbocycles. The van der Waals surface area contributed by atoms with Crippen molar-refractivity contribution >= 4 is 5.69 Å². The second-order valence-electron chi connectivity index (χ2n) is 6.37. The monoisotopic (exact) mass is 332 g/mol. The molecule has 1 aliphatic heterocycles. The van der Waals surface area contributed by atoms with Crippen LogP contribution in [0.5, 0.6) is 0 Å². The van der Waals surface area contributed by atoms with Crippen molar-refractivity contribution in [3.8, 4) is 0 Å². The van der Waals surface area contributed by atoms with Crippen molar-refractivity contribution < 1.29 is 8.78 Å². The largest absolute Gasteiger partial charge is 0.368 e. The SMILES string of the molecule is Cc1ncc(C(C)NC2CCN(c3ccc(F)cc3F)C2)c(C)n1. The van der Waals surface area contributed by atoms with Gasteiger partial charge in [0.1, 0.15) is 17.5 Å². The number of hydrogen-bond acceptors (Lipinski definition) is 4. The summed E-state index contributed by atoms with van der Waals surface area (Å²) in [6.45, 7) is 7.38. The van der Waals surface area contributed by atoms with Crippen LogP contribution >= 0.6 is 0 Å². The third-order valence-corrected chi connectivity index (χ3v) is 4.53. The molecule has 2 heterocycles. The predicted molar refractivity (Wildman–Crippen MR) is 90.0 cm³/mol. The molecule has 6 heteroatoms. The number of halogens is 2. The maximum absolute atomic E-state index is 13.9. The van der Waals surface area contributed by atoms with Crippen molar-refractivity contribution in [3.63, 3.8) is 0 Å². The molecule has 0 bridgehead atoms. The summed E-state index contributed by atoms with van der Waals surface area (Å²) in [5, 5.41) is 3.57. The minimum absolute atomic E-state index is 0.119. The Morgan fingerprint density at radius 1 is 1.29 bits per heavy atom. The first-order valence-corrected chi connectivity index (χ1v) is 8.20. The molecule has 1 aromatic heterocycles. The molecule has 2 aromatic rings. The summed E-state index contributed by atoms with van der Waals surface area (Å²) in [6, 6.07) is 4.10. The molecule has 24 heavy (non-hydrogen) atoms. The van der Waals surface area contributed by atoms with E-state index in [0.29, 0.717) is 12.2 Å². The minimum Gasteiger partial charge on any atom is -0.368 e. The Labute approximate surface area is 140 Å². The number of benzene rings is 1. The second kappa shape index (κ2) is 6.81. The molecule has 0 radical (unpaired) electrons. The third-order valence-electron chi connectivity index (χ3n) is 4.53. The number of rotatable bonds is 4. The lowest BCUT2D eigenvalue weighted by molar-refractivity contribution is 0.477. The van der Waals surface area contributed by atoms with Gasteiger partial charge < -0.3 is 10.2 Å². The van der Waals surface area contributed by atoms with E-state index in [4.69, 9.17) is 0 Å². The Balaban J connectivity index is 1.65. The van der Waals surface area contributed by atoms with E-state index < -0.39 is 11.6 Å². The van der Waals surface area contributed by atoms with Crippen molar-refractivity contribution in [2.45, 2.75) is 39.3 Å². The van der Waals surface area contributed by atoms with Gasteiger partial charge in [-0.2, -0.15) is 0 Å². The van der Waals surface area contributed by atoms with Gasteiger partial charge in [-0.05, 0) is 39.3 Å². The van der Waals surface area contributed by atoms with E-state index in [9.17, 15) is 8.78 Å². The highest BCUT2D eigenvalue weighted by molar-refractivity contribution is 5.49. The Hall–Kier alpha value is -2.08. The van der Waals surface area contributed by atoms with Crippen molar-refractivity contribution in [2.75, 3.05) is 18.0 Å². The highest BCUT2D eigenvalue weighted by Gasteiger charge is 2.26. The molecule has 4 nitrogen and oxygen atoms in total. The number of anilines is 1. The van der Waals surface area contributed by atoms with Gasteiger partial charge in [-0.3, -0.25) is 0 Å². The Morgan fingerprint density at radius 3 is 2.79 bits per heavy atom. The summed E-state index contributed by atoms with van der Waals surface area (Å²) in [6.07, 6.45) is 2.77. The molecule has 0 amide bonds. The highest BCUT2D eigenvalue weighted by Crippen LogP contribution is 2.25. The van der Waals surface area contributed by atoms with E-state index in [0.717, 1.165) is 36.1 Å². The van der Waals surface area contributed by atoms with Gasteiger partial charge in [-0.15, -0.1) is 0 Å². The van der Waals surface area contributed by atoms with Crippen molar-refractivity contribution in [1.82, 2.24) is 15.3 Å². The molecule has 0 saturated carbocycles. The Bertz CT molecular complexity index is 735. The lowest BCUT2D eigenvalue weighted by Gasteiger charge is -2.22. The first-order valence-electron chi connectivity index (χ1n) is 8.20. The maximum Gasteiger partial charge on any atom is 0.149 e. The minimum atomic E-state index is -0.548. The van der Waals surface area contributed by atoms with Gasteiger partial charge in [0.2, 0.25) is 0 Å². The van der Waals surface area contributed by atoms with E-state index in [1.54, 1.807) is 0 Å². The Morgan fingerprint density at radius 2 is 2.08 bits per heavy atom. The molecule has 2 unspecified atom stereocenters. The molecular weight excluding hydrogens is 310 g/mol. The average molecular weight is 332 g/mol. The van der Waals surface area contributed by atoms with Crippen LogP contribution in [0.3, 0.4) is 0 Å². The van der Waals surface area contributed by atoms with Gasteiger partial charge in [0, 0.05) is 48.7 Å². The van der Waals surface area contributed by atoms with E-state index >= 15 is 0 Å². The summed E-state index contributed by atoms with van der Waals surface area (Å²) in [4.78, 5) is 10.6. The van der Waals surface area contributed by atoms with Gasteiger partial charge in [0.05, 0.1) is 5.69 Å².